The van der Waals surface area contributed by atoms with Gasteiger partial charge < -0.3 is 14.6 Å². The predicted molar refractivity (Wildman–Crippen MR) is 76.4 cm³/mol. The van der Waals surface area contributed by atoms with Gasteiger partial charge in [-0.25, -0.2) is 0 Å². The molecule has 0 spiro atoms. The molecule has 2 aromatic carbocycles. The smallest absolute Gasteiger partial charge is 0.189 e. The van der Waals surface area contributed by atoms with Gasteiger partial charge in [0, 0.05) is 5.56 Å². The number of ether oxygens (including phenoxy) is 2. The van der Waals surface area contributed by atoms with Crippen molar-refractivity contribution in [1.29, 1.82) is 0 Å². The molecule has 0 aliphatic heterocycles. The summed E-state index contributed by atoms with van der Waals surface area (Å²) < 4.78 is 11.2. The van der Waals surface area contributed by atoms with Crippen molar-refractivity contribution in [3.8, 4) is 5.75 Å². The predicted octanol–water partition coefficient (Wildman–Crippen LogP) is 3.22. The first-order valence-corrected chi connectivity index (χ1v) is 6.89. The van der Waals surface area contributed by atoms with Crippen molar-refractivity contribution in [1.82, 2.24) is 0 Å². The van der Waals surface area contributed by atoms with Crippen LogP contribution in [-0.4, -0.2) is 11.9 Å². The van der Waals surface area contributed by atoms with E-state index in [0.717, 1.165) is 35.3 Å². The third kappa shape index (κ3) is 2.84. The Labute approximate surface area is 118 Å². The van der Waals surface area contributed by atoms with Crippen LogP contribution in [0.4, 0.5) is 0 Å². The average Bonchev–Trinajstić information content (AvgIpc) is 2.87. The van der Waals surface area contributed by atoms with Gasteiger partial charge in [0.05, 0.1) is 12.7 Å². The first-order valence-electron chi connectivity index (χ1n) is 6.89. The van der Waals surface area contributed by atoms with Crippen LogP contribution in [0.2, 0.25) is 0 Å². The topological polar surface area (TPSA) is 38.7 Å². The van der Waals surface area contributed by atoms with Crippen LogP contribution in [0.25, 0.3) is 0 Å². The molecule has 1 N–H and O–H groups in total. The van der Waals surface area contributed by atoms with Crippen molar-refractivity contribution in [3.05, 3.63) is 65.2 Å². The van der Waals surface area contributed by atoms with Gasteiger partial charge in [0.25, 0.3) is 0 Å². The van der Waals surface area contributed by atoms with Crippen LogP contribution in [-0.2, 0) is 17.8 Å². The molecule has 3 rings (SSSR count). The summed E-state index contributed by atoms with van der Waals surface area (Å²) in [5.74, 6) is 0.826. The van der Waals surface area contributed by atoms with Crippen LogP contribution in [0.5, 0.6) is 5.75 Å². The Morgan fingerprint density at radius 3 is 2.75 bits per heavy atom. The molecule has 0 heterocycles. The molecule has 0 amide bonds. The normalized spacial score (nSPS) is 16.9. The number of benzene rings is 2. The van der Waals surface area contributed by atoms with E-state index in [9.17, 15) is 5.11 Å². The van der Waals surface area contributed by atoms with Crippen LogP contribution < -0.4 is 4.74 Å². The minimum absolute atomic E-state index is 0.224. The van der Waals surface area contributed by atoms with E-state index in [1.807, 2.05) is 48.5 Å². The molecule has 1 aliphatic carbocycles. The van der Waals surface area contributed by atoms with Crippen LogP contribution in [0.15, 0.2) is 48.5 Å². The zero-order valence-electron chi connectivity index (χ0n) is 11.3. The highest BCUT2D eigenvalue weighted by Gasteiger charge is 2.23. The Morgan fingerprint density at radius 2 is 1.90 bits per heavy atom. The Kier molecular flexibility index (Phi) is 4.00. The van der Waals surface area contributed by atoms with Gasteiger partial charge in [0.1, 0.15) is 5.75 Å². The molecule has 0 saturated heterocycles. The third-order valence-electron chi connectivity index (χ3n) is 3.61. The fraction of sp³-hybridized carbons (Fsp3) is 0.294. The molecular formula is C17H18O3. The summed E-state index contributed by atoms with van der Waals surface area (Å²) in [7, 11) is 0. The van der Waals surface area contributed by atoms with E-state index in [1.165, 1.54) is 0 Å². The summed E-state index contributed by atoms with van der Waals surface area (Å²) in [6.07, 6.45) is 1.30. The molecule has 104 valence electrons. The van der Waals surface area contributed by atoms with Gasteiger partial charge in [-0.2, -0.15) is 0 Å². The van der Waals surface area contributed by atoms with E-state index in [1.54, 1.807) is 0 Å². The lowest BCUT2D eigenvalue weighted by atomic mass is 10.1. The third-order valence-corrected chi connectivity index (χ3v) is 3.61. The molecule has 20 heavy (non-hydrogen) atoms. The fourth-order valence-corrected chi connectivity index (χ4v) is 2.57. The SMILES string of the molecule is OC1CCc2c(OCOCc3ccccc3)cccc21. The van der Waals surface area contributed by atoms with E-state index >= 15 is 0 Å². The van der Waals surface area contributed by atoms with E-state index in [4.69, 9.17) is 9.47 Å². The van der Waals surface area contributed by atoms with Crippen LogP contribution >= 0.6 is 0 Å². The van der Waals surface area contributed by atoms with Crippen molar-refractivity contribution in [2.75, 3.05) is 6.79 Å². The number of rotatable bonds is 5. The number of fused-ring (bicyclic) bond motifs is 1. The highest BCUT2D eigenvalue weighted by Crippen LogP contribution is 2.36. The molecule has 0 bridgehead atoms. The molecule has 0 radical (unpaired) electrons. The molecule has 1 atom stereocenters. The van der Waals surface area contributed by atoms with Crippen molar-refractivity contribution in [3.63, 3.8) is 0 Å². The molecular weight excluding hydrogens is 252 g/mol. The second-order valence-electron chi connectivity index (χ2n) is 4.97. The first-order chi connectivity index (χ1) is 9.84. The van der Waals surface area contributed by atoms with Crippen LogP contribution in [0.3, 0.4) is 0 Å². The first kappa shape index (κ1) is 13.2. The summed E-state index contributed by atoms with van der Waals surface area (Å²) in [6.45, 7) is 0.764. The van der Waals surface area contributed by atoms with E-state index < -0.39 is 0 Å². The number of aliphatic hydroxyl groups excluding tert-OH is 1. The Hall–Kier alpha value is -1.84. The number of hydrogen-bond donors (Lipinski definition) is 1. The maximum Gasteiger partial charge on any atom is 0.189 e. The maximum absolute atomic E-state index is 9.84. The van der Waals surface area contributed by atoms with Crippen molar-refractivity contribution < 1.29 is 14.6 Å². The summed E-state index contributed by atoms with van der Waals surface area (Å²) in [4.78, 5) is 0. The standard InChI is InChI=1S/C17H18O3/c18-16-10-9-15-14(16)7-4-8-17(15)20-12-19-11-13-5-2-1-3-6-13/h1-8,16,18H,9-12H2. The number of hydrogen-bond acceptors (Lipinski definition) is 3. The quantitative estimate of drug-likeness (QED) is 0.669. The largest absolute Gasteiger partial charge is 0.467 e. The summed E-state index contributed by atoms with van der Waals surface area (Å²) >= 11 is 0. The number of aliphatic hydroxyl groups is 1. The van der Waals surface area contributed by atoms with Gasteiger partial charge >= 0.3 is 0 Å². The van der Waals surface area contributed by atoms with Gasteiger partial charge in [0.2, 0.25) is 0 Å². The summed E-state index contributed by atoms with van der Waals surface area (Å²) in [5, 5.41) is 9.84. The Morgan fingerprint density at radius 1 is 1.05 bits per heavy atom. The molecule has 0 fully saturated rings. The minimum Gasteiger partial charge on any atom is -0.467 e. The van der Waals surface area contributed by atoms with Gasteiger partial charge in [-0.05, 0) is 30.0 Å². The van der Waals surface area contributed by atoms with E-state index in [2.05, 4.69) is 0 Å². The van der Waals surface area contributed by atoms with Gasteiger partial charge in [-0.3, -0.25) is 0 Å². The maximum atomic E-state index is 9.84. The highest BCUT2D eigenvalue weighted by atomic mass is 16.7. The van der Waals surface area contributed by atoms with E-state index in [0.29, 0.717) is 6.61 Å². The zero-order valence-corrected chi connectivity index (χ0v) is 11.3. The Bertz CT molecular complexity index is 566. The van der Waals surface area contributed by atoms with Crippen molar-refractivity contribution in [2.24, 2.45) is 0 Å². The van der Waals surface area contributed by atoms with Crippen LogP contribution in [0, 0.1) is 0 Å². The van der Waals surface area contributed by atoms with Gasteiger partial charge in [0.15, 0.2) is 6.79 Å². The molecule has 0 saturated carbocycles. The van der Waals surface area contributed by atoms with Gasteiger partial charge in [-0.1, -0.05) is 42.5 Å². The lowest BCUT2D eigenvalue weighted by Gasteiger charge is -2.11. The van der Waals surface area contributed by atoms with Gasteiger partial charge in [-0.15, -0.1) is 0 Å². The lowest BCUT2D eigenvalue weighted by molar-refractivity contribution is 0.00457. The zero-order chi connectivity index (χ0) is 13.8. The second-order valence-corrected chi connectivity index (χ2v) is 4.97. The highest BCUT2D eigenvalue weighted by molar-refractivity contribution is 5.44. The Balaban J connectivity index is 1.55. The molecule has 1 aliphatic rings. The lowest BCUT2D eigenvalue weighted by Crippen LogP contribution is -2.04. The second kappa shape index (κ2) is 6.07. The fourth-order valence-electron chi connectivity index (χ4n) is 2.57. The molecule has 1 unspecified atom stereocenters. The monoisotopic (exact) mass is 270 g/mol. The van der Waals surface area contributed by atoms with Crippen molar-refractivity contribution >= 4 is 0 Å². The van der Waals surface area contributed by atoms with Crippen LogP contribution in [0.1, 0.15) is 29.2 Å². The van der Waals surface area contributed by atoms with Crippen molar-refractivity contribution in [2.45, 2.75) is 25.6 Å². The summed E-state index contributed by atoms with van der Waals surface area (Å²) in [6, 6.07) is 15.8. The minimum atomic E-state index is -0.348. The molecule has 2 aromatic rings. The molecule has 0 aromatic heterocycles. The molecule has 3 heteroatoms. The van der Waals surface area contributed by atoms with E-state index in [-0.39, 0.29) is 12.9 Å². The summed E-state index contributed by atoms with van der Waals surface area (Å²) in [5.41, 5.74) is 3.23. The molecule has 3 nitrogen and oxygen atoms in total. The average molecular weight is 270 g/mol.